The first kappa shape index (κ1) is 24.4. The average Bonchev–Trinajstić information content (AvgIpc) is 2.99. The largest absolute Gasteiger partial charge is 0.354 e. The summed E-state index contributed by atoms with van der Waals surface area (Å²) in [4.78, 5) is 48.7. The van der Waals surface area contributed by atoms with Gasteiger partial charge >= 0.3 is 6.03 Å². The summed E-state index contributed by atoms with van der Waals surface area (Å²) in [6.45, 7) is 13.6. The average molecular weight is 471 g/mol. The Labute approximate surface area is 202 Å². The van der Waals surface area contributed by atoms with Gasteiger partial charge in [0.2, 0.25) is 5.91 Å². The van der Waals surface area contributed by atoms with Crippen molar-refractivity contribution in [2.75, 3.05) is 44.2 Å². The molecule has 3 aliphatic rings. The fourth-order valence-electron chi connectivity index (χ4n) is 6.05. The van der Waals surface area contributed by atoms with Gasteiger partial charge in [-0.05, 0) is 48.8 Å². The molecule has 1 aromatic rings. The van der Waals surface area contributed by atoms with E-state index >= 15 is 0 Å². The summed E-state index contributed by atoms with van der Waals surface area (Å²) in [7, 11) is 0. The lowest BCUT2D eigenvalue weighted by atomic mass is 9.64. The number of pyridine rings is 1. The number of urea groups is 1. The minimum Gasteiger partial charge on any atom is -0.354 e. The highest BCUT2D eigenvalue weighted by Gasteiger charge is 2.56. The van der Waals surface area contributed by atoms with E-state index in [0.29, 0.717) is 25.3 Å². The zero-order valence-electron chi connectivity index (χ0n) is 20.9. The van der Waals surface area contributed by atoms with Crippen LogP contribution in [0.2, 0.25) is 0 Å². The van der Waals surface area contributed by atoms with Gasteiger partial charge in [-0.15, -0.1) is 0 Å². The predicted octanol–water partition coefficient (Wildman–Crippen LogP) is 1.98. The molecule has 2 N–H and O–H groups in total. The van der Waals surface area contributed by atoms with E-state index in [2.05, 4.69) is 53.1 Å². The monoisotopic (exact) mass is 470 g/mol. The molecule has 0 aromatic carbocycles. The molecule has 4 amide bonds. The van der Waals surface area contributed by atoms with Gasteiger partial charge in [0, 0.05) is 38.9 Å². The number of carbonyl (C=O) groups excluding carboxylic acids is 3. The molecule has 34 heavy (non-hydrogen) atoms. The number of nitrogens with zero attached hydrogens (tertiary/aromatic N) is 4. The van der Waals surface area contributed by atoms with Gasteiger partial charge in [0.15, 0.2) is 0 Å². The van der Waals surface area contributed by atoms with Gasteiger partial charge in [0.1, 0.15) is 17.9 Å². The van der Waals surface area contributed by atoms with Crippen LogP contribution in [-0.2, 0) is 16.1 Å². The van der Waals surface area contributed by atoms with E-state index in [-0.39, 0.29) is 23.8 Å². The number of carbonyl (C=O) groups is 3. The highest BCUT2D eigenvalue weighted by atomic mass is 16.2. The third-order valence-electron chi connectivity index (χ3n) is 7.37. The van der Waals surface area contributed by atoms with Crippen LogP contribution in [0.1, 0.15) is 52.5 Å². The lowest BCUT2D eigenvalue weighted by Crippen LogP contribution is -2.54. The van der Waals surface area contributed by atoms with Crippen molar-refractivity contribution in [2.45, 2.75) is 59.0 Å². The third kappa shape index (κ3) is 5.19. The van der Waals surface area contributed by atoms with Gasteiger partial charge in [-0.2, -0.15) is 0 Å². The molecule has 2 unspecified atom stereocenters. The van der Waals surface area contributed by atoms with Gasteiger partial charge in [-0.3, -0.25) is 14.5 Å². The molecule has 9 heteroatoms. The molecule has 2 aliphatic heterocycles. The van der Waals surface area contributed by atoms with Gasteiger partial charge in [-0.25, -0.2) is 9.78 Å². The summed E-state index contributed by atoms with van der Waals surface area (Å²) in [6.07, 6.45) is 4.00. The Kier molecular flexibility index (Phi) is 6.85. The van der Waals surface area contributed by atoms with Crippen molar-refractivity contribution in [3.63, 3.8) is 0 Å². The topological polar surface area (TPSA) is 97.9 Å². The molecule has 1 saturated carbocycles. The number of hydrogen-bond acceptors (Lipinski definition) is 6. The predicted molar refractivity (Wildman–Crippen MR) is 130 cm³/mol. The molecule has 3 heterocycles. The van der Waals surface area contributed by atoms with Crippen molar-refractivity contribution in [1.29, 1.82) is 0 Å². The fourth-order valence-corrected chi connectivity index (χ4v) is 6.05. The van der Waals surface area contributed by atoms with Gasteiger partial charge in [0.25, 0.3) is 5.91 Å². The van der Waals surface area contributed by atoms with E-state index < -0.39 is 11.6 Å². The van der Waals surface area contributed by atoms with Crippen molar-refractivity contribution in [3.05, 3.63) is 23.9 Å². The smallest absolute Gasteiger partial charge is 0.325 e. The fraction of sp³-hybridized carbons (Fsp3) is 0.680. The van der Waals surface area contributed by atoms with Crippen LogP contribution in [0.3, 0.4) is 0 Å². The SMILES string of the molecule is CCN1CCN(c2ccc(CNC(=O)CN3C(=O)NC4(CC(C)CC(C)(C)C4)C3=O)cn2)CC1. The molecule has 2 atom stereocenters. The molecule has 1 aliphatic carbocycles. The van der Waals surface area contributed by atoms with Crippen LogP contribution in [0.25, 0.3) is 0 Å². The van der Waals surface area contributed by atoms with E-state index in [9.17, 15) is 14.4 Å². The second-order valence-corrected chi connectivity index (χ2v) is 11.0. The molecule has 186 valence electrons. The highest BCUT2D eigenvalue weighted by Crippen LogP contribution is 2.46. The molecule has 0 radical (unpaired) electrons. The van der Waals surface area contributed by atoms with Crippen LogP contribution >= 0.6 is 0 Å². The van der Waals surface area contributed by atoms with Crippen molar-refractivity contribution >= 4 is 23.7 Å². The van der Waals surface area contributed by atoms with Crippen molar-refractivity contribution in [2.24, 2.45) is 11.3 Å². The van der Waals surface area contributed by atoms with E-state index in [1.807, 2.05) is 12.1 Å². The van der Waals surface area contributed by atoms with Crippen LogP contribution < -0.4 is 15.5 Å². The Hall–Kier alpha value is -2.68. The summed E-state index contributed by atoms with van der Waals surface area (Å²) in [5.74, 6) is 0.637. The van der Waals surface area contributed by atoms with E-state index in [1.165, 1.54) is 0 Å². The number of nitrogens with one attached hydrogen (secondary N) is 2. The first-order valence-electron chi connectivity index (χ1n) is 12.4. The van der Waals surface area contributed by atoms with Crippen LogP contribution in [0.15, 0.2) is 18.3 Å². The number of likely N-dealkylation sites (N-methyl/N-ethyl adjacent to an activating group) is 1. The Morgan fingerprint density at radius 3 is 2.53 bits per heavy atom. The lowest BCUT2D eigenvalue weighted by Gasteiger charge is -2.43. The number of piperazine rings is 1. The molecule has 4 rings (SSSR count). The zero-order valence-corrected chi connectivity index (χ0v) is 20.9. The Bertz CT molecular complexity index is 925. The summed E-state index contributed by atoms with van der Waals surface area (Å²) in [6, 6.07) is 3.47. The maximum absolute atomic E-state index is 13.2. The first-order chi connectivity index (χ1) is 16.1. The summed E-state index contributed by atoms with van der Waals surface area (Å²) >= 11 is 0. The van der Waals surface area contributed by atoms with Gasteiger partial charge < -0.3 is 20.4 Å². The number of amides is 4. The van der Waals surface area contributed by atoms with Gasteiger partial charge in [-0.1, -0.05) is 33.8 Å². The Morgan fingerprint density at radius 2 is 1.91 bits per heavy atom. The summed E-state index contributed by atoms with van der Waals surface area (Å²) < 4.78 is 0. The normalized spacial score (nSPS) is 27.2. The summed E-state index contributed by atoms with van der Waals surface area (Å²) in [5, 5.41) is 5.74. The maximum atomic E-state index is 13.2. The van der Waals surface area contributed by atoms with Crippen LogP contribution in [0.4, 0.5) is 10.6 Å². The molecule has 2 saturated heterocycles. The Balaban J connectivity index is 1.29. The maximum Gasteiger partial charge on any atom is 0.325 e. The van der Waals surface area contributed by atoms with E-state index in [4.69, 9.17) is 0 Å². The molecule has 0 bridgehead atoms. The van der Waals surface area contributed by atoms with E-state index in [0.717, 1.165) is 55.4 Å². The minimum atomic E-state index is -0.888. The second kappa shape index (κ2) is 9.52. The molecule has 1 spiro atoms. The minimum absolute atomic E-state index is 0.0401. The quantitative estimate of drug-likeness (QED) is 0.617. The van der Waals surface area contributed by atoms with Gasteiger partial charge in [0.05, 0.1) is 0 Å². The second-order valence-electron chi connectivity index (χ2n) is 11.0. The number of rotatable bonds is 6. The highest BCUT2D eigenvalue weighted by molar-refractivity contribution is 6.09. The molecule has 1 aromatic heterocycles. The van der Waals surface area contributed by atoms with Crippen LogP contribution in [0, 0.1) is 11.3 Å². The molecule has 3 fully saturated rings. The zero-order chi connectivity index (χ0) is 24.5. The van der Waals surface area contributed by atoms with Crippen LogP contribution in [0.5, 0.6) is 0 Å². The van der Waals surface area contributed by atoms with Crippen molar-refractivity contribution in [1.82, 2.24) is 25.4 Å². The molecular formula is C25H38N6O3. The standard InChI is InChI=1S/C25H38N6O3/c1-5-29-8-10-30(11-9-29)20-7-6-19(14-26-20)15-27-21(32)16-31-22(33)25(28-23(31)34)13-18(2)12-24(3,4)17-25/h6-7,14,18H,5,8-13,15-17H2,1-4H3,(H,27,32)(H,28,34). The Morgan fingerprint density at radius 1 is 1.18 bits per heavy atom. The first-order valence-corrected chi connectivity index (χ1v) is 12.4. The molecule has 9 nitrogen and oxygen atoms in total. The summed E-state index contributed by atoms with van der Waals surface area (Å²) in [5.41, 5.74) is -0.0523. The number of hydrogen-bond donors (Lipinski definition) is 2. The van der Waals surface area contributed by atoms with E-state index in [1.54, 1.807) is 6.20 Å². The van der Waals surface area contributed by atoms with Crippen molar-refractivity contribution < 1.29 is 14.4 Å². The third-order valence-corrected chi connectivity index (χ3v) is 7.37. The molecular weight excluding hydrogens is 432 g/mol. The lowest BCUT2D eigenvalue weighted by molar-refractivity contribution is -0.137. The number of aromatic nitrogens is 1. The number of anilines is 1. The van der Waals surface area contributed by atoms with Crippen LogP contribution in [-0.4, -0.2) is 77.4 Å². The number of imide groups is 1. The van der Waals surface area contributed by atoms with Crippen molar-refractivity contribution in [3.8, 4) is 0 Å².